The number of carbonyl (C=O) groups is 1. The summed E-state index contributed by atoms with van der Waals surface area (Å²) in [6.07, 6.45) is 2.91. The molecule has 2 heterocycles. The molecule has 1 amide bonds. The number of halogens is 2. The van der Waals surface area contributed by atoms with Crippen LogP contribution in [0.5, 0.6) is 5.75 Å². The van der Waals surface area contributed by atoms with Crippen LogP contribution in [0.1, 0.15) is 15.4 Å². The zero-order valence-corrected chi connectivity index (χ0v) is 14.1. The Hall–Kier alpha value is -2.02. The number of furan rings is 1. The van der Waals surface area contributed by atoms with Crippen molar-refractivity contribution in [3.05, 3.63) is 51.2 Å². The Morgan fingerprint density at radius 3 is 2.87 bits per heavy atom. The van der Waals surface area contributed by atoms with E-state index >= 15 is 0 Å². The van der Waals surface area contributed by atoms with Crippen molar-refractivity contribution >= 4 is 56.7 Å². The normalized spacial score (nSPS) is 11.3. The number of methoxy groups -OCH3 is 1. The molecule has 0 bridgehead atoms. The quantitative estimate of drug-likeness (QED) is 0.541. The van der Waals surface area contributed by atoms with Gasteiger partial charge in [-0.05, 0) is 24.3 Å². The van der Waals surface area contributed by atoms with E-state index < -0.39 is 5.91 Å². The zero-order valence-electron chi connectivity index (χ0n) is 11.8. The van der Waals surface area contributed by atoms with E-state index in [4.69, 9.17) is 32.4 Å². The Bertz CT molecular complexity index is 888. The van der Waals surface area contributed by atoms with Gasteiger partial charge in [0.15, 0.2) is 0 Å². The number of rotatable bonds is 4. The molecule has 0 aliphatic rings. The number of hydrogen-bond donors (Lipinski definition) is 1. The topological polar surface area (TPSA) is 63.8 Å². The van der Waals surface area contributed by atoms with Crippen molar-refractivity contribution in [2.75, 3.05) is 7.11 Å². The number of hydrazone groups is 1. The molecule has 0 unspecified atom stereocenters. The second kappa shape index (κ2) is 6.62. The molecule has 2 aromatic heterocycles. The second-order valence-electron chi connectivity index (χ2n) is 4.42. The Balaban J connectivity index is 1.88. The number of benzene rings is 1. The molecule has 8 heteroatoms. The fourth-order valence-corrected chi connectivity index (χ4v) is 3.74. The largest absolute Gasteiger partial charge is 0.495 e. The molecule has 3 aromatic rings. The van der Waals surface area contributed by atoms with Crippen molar-refractivity contribution in [2.24, 2.45) is 5.10 Å². The summed E-state index contributed by atoms with van der Waals surface area (Å²) in [4.78, 5) is 12.6. The van der Waals surface area contributed by atoms with Crippen LogP contribution in [0.2, 0.25) is 10.0 Å². The number of hydrogen-bond acceptors (Lipinski definition) is 5. The van der Waals surface area contributed by atoms with Crippen LogP contribution in [0, 0.1) is 0 Å². The molecule has 0 atom stereocenters. The van der Waals surface area contributed by atoms with Gasteiger partial charge in [-0.25, -0.2) is 5.43 Å². The van der Waals surface area contributed by atoms with Gasteiger partial charge in [0.1, 0.15) is 21.4 Å². The number of nitrogens with zero attached hydrogens (tertiary/aromatic N) is 1. The van der Waals surface area contributed by atoms with E-state index in [1.54, 1.807) is 24.3 Å². The second-order valence-corrected chi connectivity index (χ2v) is 6.19. The van der Waals surface area contributed by atoms with Gasteiger partial charge in [-0.3, -0.25) is 4.79 Å². The number of thiophene rings is 1. The first kappa shape index (κ1) is 15.9. The van der Waals surface area contributed by atoms with E-state index in [1.807, 2.05) is 0 Å². The number of fused-ring (bicyclic) bond motifs is 1. The highest BCUT2D eigenvalue weighted by atomic mass is 35.5. The van der Waals surface area contributed by atoms with Crippen LogP contribution in [-0.4, -0.2) is 19.2 Å². The molecule has 0 aliphatic heterocycles. The van der Waals surface area contributed by atoms with Crippen LogP contribution in [0.4, 0.5) is 0 Å². The summed E-state index contributed by atoms with van der Waals surface area (Å²) in [5.74, 6) is 0.634. The monoisotopic (exact) mass is 368 g/mol. The van der Waals surface area contributed by atoms with Gasteiger partial charge in [-0.1, -0.05) is 23.2 Å². The average Bonchev–Trinajstić information content (AvgIpc) is 3.16. The van der Waals surface area contributed by atoms with Gasteiger partial charge in [-0.15, -0.1) is 11.3 Å². The van der Waals surface area contributed by atoms with Crippen molar-refractivity contribution in [3.8, 4) is 5.75 Å². The van der Waals surface area contributed by atoms with Crippen molar-refractivity contribution in [1.29, 1.82) is 0 Å². The lowest BCUT2D eigenvalue weighted by atomic mass is 10.2. The maximum absolute atomic E-state index is 12.2. The average molecular weight is 369 g/mol. The van der Waals surface area contributed by atoms with Gasteiger partial charge in [-0.2, -0.15) is 5.10 Å². The molecule has 1 aromatic carbocycles. The third-order valence-electron chi connectivity index (χ3n) is 3.03. The van der Waals surface area contributed by atoms with E-state index in [0.717, 1.165) is 0 Å². The van der Waals surface area contributed by atoms with Crippen LogP contribution in [0.15, 0.2) is 40.0 Å². The molecule has 0 saturated carbocycles. The van der Waals surface area contributed by atoms with E-state index in [2.05, 4.69) is 10.5 Å². The van der Waals surface area contributed by atoms with Crippen molar-refractivity contribution in [3.63, 3.8) is 0 Å². The Labute approximate surface area is 145 Å². The molecule has 23 heavy (non-hydrogen) atoms. The SMILES string of the molecule is COc1ccc2c(Cl)c(C(=O)N/N=C/c3ccco3)sc2c1Cl. The summed E-state index contributed by atoms with van der Waals surface area (Å²) in [6, 6.07) is 6.91. The van der Waals surface area contributed by atoms with Crippen molar-refractivity contribution in [1.82, 2.24) is 5.43 Å². The predicted octanol–water partition coefficient (Wildman–Crippen LogP) is 4.57. The minimum absolute atomic E-state index is 0.327. The first-order valence-electron chi connectivity index (χ1n) is 6.43. The maximum atomic E-state index is 12.2. The van der Waals surface area contributed by atoms with Crippen LogP contribution in [0.3, 0.4) is 0 Å². The summed E-state index contributed by atoms with van der Waals surface area (Å²) in [7, 11) is 1.53. The Kier molecular flexibility index (Phi) is 4.56. The van der Waals surface area contributed by atoms with Crippen LogP contribution < -0.4 is 10.2 Å². The van der Waals surface area contributed by atoms with Crippen LogP contribution in [-0.2, 0) is 0 Å². The molecule has 0 fully saturated rings. The molecule has 5 nitrogen and oxygen atoms in total. The van der Waals surface area contributed by atoms with E-state index in [-0.39, 0.29) is 0 Å². The lowest BCUT2D eigenvalue weighted by molar-refractivity contribution is 0.0959. The Morgan fingerprint density at radius 1 is 1.35 bits per heavy atom. The molecular formula is C15H10Cl2N2O3S. The van der Waals surface area contributed by atoms with Gasteiger partial charge in [0.25, 0.3) is 5.91 Å². The van der Waals surface area contributed by atoms with Gasteiger partial charge in [0, 0.05) is 5.39 Å². The highest BCUT2D eigenvalue weighted by Crippen LogP contribution is 2.42. The van der Waals surface area contributed by atoms with E-state index in [9.17, 15) is 4.79 Å². The predicted molar refractivity (Wildman–Crippen MR) is 92.2 cm³/mol. The fraction of sp³-hybridized carbons (Fsp3) is 0.0667. The molecule has 0 radical (unpaired) electrons. The standard InChI is InChI=1S/C15H10Cl2N2O3S/c1-21-10-5-4-9-11(16)14(23-13(9)12(10)17)15(20)19-18-7-8-3-2-6-22-8/h2-7H,1H3,(H,19,20)/b18-7+. The van der Waals surface area contributed by atoms with Crippen LogP contribution >= 0.6 is 34.5 Å². The van der Waals surface area contributed by atoms with E-state index in [0.29, 0.717) is 36.5 Å². The smallest absolute Gasteiger partial charge is 0.283 e. The van der Waals surface area contributed by atoms with Crippen molar-refractivity contribution < 1.29 is 13.9 Å². The van der Waals surface area contributed by atoms with Gasteiger partial charge in [0.05, 0.1) is 29.3 Å². The van der Waals surface area contributed by atoms with Gasteiger partial charge < -0.3 is 9.15 Å². The van der Waals surface area contributed by atoms with Gasteiger partial charge in [0.2, 0.25) is 0 Å². The Morgan fingerprint density at radius 2 is 2.17 bits per heavy atom. The van der Waals surface area contributed by atoms with Crippen molar-refractivity contribution in [2.45, 2.75) is 0 Å². The molecule has 0 spiro atoms. The molecule has 0 aliphatic carbocycles. The van der Waals surface area contributed by atoms with E-state index in [1.165, 1.54) is 30.9 Å². The molecular weight excluding hydrogens is 359 g/mol. The minimum Gasteiger partial charge on any atom is -0.495 e. The van der Waals surface area contributed by atoms with Crippen LogP contribution in [0.25, 0.3) is 10.1 Å². The highest BCUT2D eigenvalue weighted by molar-refractivity contribution is 7.22. The number of ether oxygens (including phenoxy) is 1. The zero-order chi connectivity index (χ0) is 16.4. The summed E-state index contributed by atoms with van der Waals surface area (Å²) in [6.45, 7) is 0. The third kappa shape index (κ3) is 3.06. The number of amides is 1. The van der Waals surface area contributed by atoms with Gasteiger partial charge >= 0.3 is 0 Å². The summed E-state index contributed by atoms with van der Waals surface area (Å²) in [5.41, 5.74) is 2.41. The summed E-state index contributed by atoms with van der Waals surface area (Å²) in [5, 5.41) is 5.29. The lowest BCUT2D eigenvalue weighted by Gasteiger charge is -2.02. The molecule has 1 N–H and O–H groups in total. The highest BCUT2D eigenvalue weighted by Gasteiger charge is 2.20. The first-order chi connectivity index (χ1) is 11.1. The molecule has 3 rings (SSSR count). The number of carbonyl (C=O) groups excluding carboxylic acids is 1. The molecule has 118 valence electrons. The maximum Gasteiger partial charge on any atom is 0.283 e. The molecule has 0 saturated heterocycles. The minimum atomic E-state index is -0.422. The number of nitrogens with one attached hydrogen (secondary N) is 1. The lowest BCUT2D eigenvalue weighted by Crippen LogP contribution is -2.16. The first-order valence-corrected chi connectivity index (χ1v) is 8.00. The summed E-state index contributed by atoms with van der Waals surface area (Å²) >= 11 is 13.7. The third-order valence-corrected chi connectivity index (χ3v) is 5.24. The summed E-state index contributed by atoms with van der Waals surface area (Å²) < 4.78 is 10.9. The fourth-order valence-electron chi connectivity index (χ4n) is 1.95.